The molecule has 0 fully saturated rings. The van der Waals surface area contributed by atoms with Gasteiger partial charge < -0.3 is 5.32 Å². The molecule has 0 aliphatic rings. The van der Waals surface area contributed by atoms with Crippen molar-refractivity contribution in [2.24, 2.45) is 0 Å². The average Bonchev–Trinajstić information content (AvgIpc) is 2.65. The molecular weight excluding hydrogens is 302 g/mol. The predicted molar refractivity (Wildman–Crippen MR) is 110 cm³/mol. The molecule has 0 bridgehead atoms. The lowest BCUT2D eigenvalue weighted by Crippen LogP contribution is -2.19. The lowest BCUT2D eigenvalue weighted by atomic mass is 9.91. The number of benzene rings is 3. The smallest absolute Gasteiger partial charge is 0.0294 e. The lowest BCUT2D eigenvalue weighted by molar-refractivity contribution is 0.574. The minimum absolute atomic E-state index is 0.326. The van der Waals surface area contributed by atoms with Crippen molar-refractivity contribution in [1.29, 1.82) is 0 Å². The van der Waals surface area contributed by atoms with Gasteiger partial charge in [-0.1, -0.05) is 72.3 Å². The van der Waals surface area contributed by atoms with Gasteiger partial charge in [0.1, 0.15) is 0 Å². The molecule has 1 heteroatoms. The quantitative estimate of drug-likeness (QED) is 0.563. The first-order chi connectivity index (χ1) is 12.1. The van der Waals surface area contributed by atoms with Crippen molar-refractivity contribution in [1.82, 2.24) is 5.32 Å². The minimum atomic E-state index is 0.326. The van der Waals surface area contributed by atoms with Gasteiger partial charge in [-0.25, -0.2) is 0 Å². The molecule has 25 heavy (non-hydrogen) atoms. The van der Waals surface area contributed by atoms with Crippen LogP contribution in [0.25, 0.3) is 16.3 Å². The van der Waals surface area contributed by atoms with Crippen molar-refractivity contribution in [2.75, 3.05) is 0 Å². The topological polar surface area (TPSA) is 12.0 Å². The second kappa shape index (κ2) is 7.67. The number of hydrogen-bond donors (Lipinski definition) is 1. The molecule has 3 rings (SSSR count). The number of rotatable bonds is 5. The van der Waals surface area contributed by atoms with Crippen LogP contribution in [-0.4, -0.2) is 0 Å². The van der Waals surface area contributed by atoms with E-state index < -0.39 is 0 Å². The first-order valence-electron chi connectivity index (χ1n) is 9.01. The second-order valence-electron chi connectivity index (χ2n) is 6.96. The average molecular weight is 329 g/mol. The molecule has 0 saturated heterocycles. The molecule has 128 valence electrons. The Bertz CT molecular complexity index is 886. The van der Waals surface area contributed by atoms with Crippen LogP contribution in [0.2, 0.25) is 0 Å². The molecule has 1 N–H and O–H groups in total. The first-order valence-corrected chi connectivity index (χ1v) is 9.01. The molecular formula is C24H27N. The summed E-state index contributed by atoms with van der Waals surface area (Å²) in [7, 11) is 0. The zero-order valence-corrected chi connectivity index (χ0v) is 15.6. The Balaban J connectivity index is 1.96. The van der Waals surface area contributed by atoms with Crippen LogP contribution < -0.4 is 5.32 Å². The molecule has 3 aromatic carbocycles. The molecule has 0 radical (unpaired) electrons. The standard InChI is InChI=1S/C24H27N/c1-17(2)18(3)24-22(15-14-21-12-8-9-13-23(21)24)16-25-19(4)20-10-6-5-7-11-20/h5-15,19,25H,16H2,1-4H3. The van der Waals surface area contributed by atoms with Gasteiger partial charge in [-0.3, -0.25) is 0 Å². The highest BCUT2D eigenvalue weighted by Crippen LogP contribution is 2.31. The Labute approximate surface area is 151 Å². The van der Waals surface area contributed by atoms with Crippen molar-refractivity contribution in [3.05, 3.63) is 89.0 Å². The highest BCUT2D eigenvalue weighted by Gasteiger charge is 2.12. The molecule has 3 aromatic rings. The van der Waals surface area contributed by atoms with Gasteiger partial charge in [0.25, 0.3) is 0 Å². The summed E-state index contributed by atoms with van der Waals surface area (Å²) in [6, 6.07) is 24.1. The van der Waals surface area contributed by atoms with Gasteiger partial charge in [0.2, 0.25) is 0 Å². The summed E-state index contributed by atoms with van der Waals surface area (Å²) >= 11 is 0. The van der Waals surface area contributed by atoms with E-state index in [0.717, 1.165) is 6.54 Å². The summed E-state index contributed by atoms with van der Waals surface area (Å²) in [4.78, 5) is 0. The van der Waals surface area contributed by atoms with Crippen LogP contribution in [0, 0.1) is 0 Å². The van der Waals surface area contributed by atoms with E-state index in [2.05, 4.69) is 99.7 Å². The van der Waals surface area contributed by atoms with E-state index in [9.17, 15) is 0 Å². The zero-order valence-electron chi connectivity index (χ0n) is 15.6. The van der Waals surface area contributed by atoms with Gasteiger partial charge in [0.05, 0.1) is 0 Å². The molecule has 0 aliphatic carbocycles. The Morgan fingerprint density at radius 2 is 1.52 bits per heavy atom. The van der Waals surface area contributed by atoms with Crippen molar-refractivity contribution in [2.45, 2.75) is 40.3 Å². The Morgan fingerprint density at radius 1 is 0.840 bits per heavy atom. The molecule has 1 atom stereocenters. The number of hydrogen-bond acceptors (Lipinski definition) is 1. The van der Waals surface area contributed by atoms with Crippen LogP contribution >= 0.6 is 0 Å². The largest absolute Gasteiger partial charge is 0.306 e. The van der Waals surface area contributed by atoms with Gasteiger partial charge in [0.15, 0.2) is 0 Å². The fourth-order valence-corrected chi connectivity index (χ4v) is 3.28. The molecule has 1 unspecified atom stereocenters. The fourth-order valence-electron chi connectivity index (χ4n) is 3.28. The van der Waals surface area contributed by atoms with E-state index in [-0.39, 0.29) is 0 Å². The van der Waals surface area contributed by atoms with Gasteiger partial charge in [-0.2, -0.15) is 0 Å². The third kappa shape index (κ3) is 3.83. The van der Waals surface area contributed by atoms with Crippen molar-refractivity contribution in [3.63, 3.8) is 0 Å². The SMILES string of the molecule is CC(C)=C(C)c1c(CNC(C)c2ccccc2)ccc2ccccc12. The molecule has 0 heterocycles. The molecule has 0 spiro atoms. The van der Waals surface area contributed by atoms with Crippen molar-refractivity contribution < 1.29 is 0 Å². The number of fused-ring (bicyclic) bond motifs is 1. The number of nitrogens with one attached hydrogen (secondary N) is 1. The maximum atomic E-state index is 3.69. The van der Waals surface area contributed by atoms with Crippen molar-refractivity contribution in [3.8, 4) is 0 Å². The highest BCUT2D eigenvalue weighted by molar-refractivity contribution is 5.95. The van der Waals surface area contributed by atoms with E-state index in [1.54, 1.807) is 0 Å². The van der Waals surface area contributed by atoms with E-state index >= 15 is 0 Å². The summed E-state index contributed by atoms with van der Waals surface area (Å²) in [5, 5.41) is 6.34. The first kappa shape index (κ1) is 17.4. The normalized spacial score (nSPS) is 12.2. The lowest BCUT2D eigenvalue weighted by Gasteiger charge is -2.19. The van der Waals surface area contributed by atoms with Crippen LogP contribution in [0.15, 0.2) is 72.3 Å². The number of allylic oxidation sites excluding steroid dienone is 2. The summed E-state index contributed by atoms with van der Waals surface area (Å²) in [5.74, 6) is 0. The Hall–Kier alpha value is -2.38. The van der Waals surface area contributed by atoms with Crippen molar-refractivity contribution >= 4 is 16.3 Å². The maximum absolute atomic E-state index is 3.69. The molecule has 1 nitrogen and oxygen atoms in total. The Morgan fingerprint density at radius 3 is 2.24 bits per heavy atom. The van der Waals surface area contributed by atoms with Gasteiger partial charge in [-0.05, 0) is 60.7 Å². The van der Waals surface area contributed by atoms with Crippen LogP contribution in [0.4, 0.5) is 0 Å². The molecule has 0 saturated carbocycles. The Kier molecular flexibility index (Phi) is 5.35. The van der Waals surface area contributed by atoms with Crippen LogP contribution in [0.5, 0.6) is 0 Å². The summed E-state index contributed by atoms with van der Waals surface area (Å²) in [6.45, 7) is 9.72. The second-order valence-corrected chi connectivity index (χ2v) is 6.96. The van der Waals surface area contributed by atoms with Gasteiger partial charge in [-0.15, -0.1) is 0 Å². The van der Waals surface area contributed by atoms with Gasteiger partial charge in [0, 0.05) is 12.6 Å². The van der Waals surface area contributed by atoms with E-state index in [1.165, 1.54) is 38.6 Å². The van der Waals surface area contributed by atoms with Crippen LogP contribution in [-0.2, 0) is 6.54 Å². The van der Waals surface area contributed by atoms with Gasteiger partial charge >= 0.3 is 0 Å². The monoisotopic (exact) mass is 329 g/mol. The highest BCUT2D eigenvalue weighted by atomic mass is 14.9. The summed E-state index contributed by atoms with van der Waals surface area (Å²) < 4.78 is 0. The van der Waals surface area contributed by atoms with E-state index in [0.29, 0.717) is 6.04 Å². The van der Waals surface area contributed by atoms with Crippen LogP contribution in [0.1, 0.15) is 50.4 Å². The summed E-state index contributed by atoms with van der Waals surface area (Å²) in [6.07, 6.45) is 0. The predicted octanol–water partition coefficient (Wildman–Crippen LogP) is 6.50. The maximum Gasteiger partial charge on any atom is 0.0294 e. The third-order valence-electron chi connectivity index (χ3n) is 5.04. The minimum Gasteiger partial charge on any atom is -0.306 e. The van der Waals surface area contributed by atoms with E-state index in [1.807, 2.05) is 0 Å². The molecule has 0 amide bonds. The third-order valence-corrected chi connectivity index (χ3v) is 5.04. The van der Waals surface area contributed by atoms with Crippen LogP contribution in [0.3, 0.4) is 0 Å². The molecule has 0 aliphatic heterocycles. The fraction of sp³-hybridized carbons (Fsp3) is 0.250. The van der Waals surface area contributed by atoms with E-state index in [4.69, 9.17) is 0 Å². The molecule has 0 aromatic heterocycles. The zero-order chi connectivity index (χ0) is 17.8. The summed E-state index contributed by atoms with van der Waals surface area (Å²) in [5.41, 5.74) is 6.81.